The summed E-state index contributed by atoms with van der Waals surface area (Å²) in [6.07, 6.45) is 0. The van der Waals surface area contributed by atoms with Crippen molar-refractivity contribution in [2.24, 2.45) is 0 Å². The molecule has 3 aromatic rings. The number of hydrogen-bond acceptors (Lipinski definition) is 5. The number of phenolic OH excluding ortho intramolecular Hbond substituents is 1. The van der Waals surface area contributed by atoms with E-state index in [4.69, 9.17) is 4.74 Å². The van der Waals surface area contributed by atoms with Gasteiger partial charge in [0.2, 0.25) is 0 Å². The van der Waals surface area contributed by atoms with Gasteiger partial charge in [0.25, 0.3) is 11.7 Å². The van der Waals surface area contributed by atoms with E-state index in [1.165, 1.54) is 55.6 Å². The number of methoxy groups -OCH3 is 1. The molecule has 0 bridgehead atoms. The lowest BCUT2D eigenvalue weighted by molar-refractivity contribution is -0.132. The third-order valence-electron chi connectivity index (χ3n) is 5.20. The molecule has 8 heteroatoms. The van der Waals surface area contributed by atoms with Crippen molar-refractivity contribution in [1.82, 2.24) is 0 Å². The number of halogens is 2. The summed E-state index contributed by atoms with van der Waals surface area (Å²) in [5, 5.41) is 21.4. The van der Waals surface area contributed by atoms with Crippen molar-refractivity contribution >= 4 is 23.1 Å². The number of aliphatic hydroxyl groups excluding tert-OH is 1. The first-order valence-corrected chi connectivity index (χ1v) is 9.52. The van der Waals surface area contributed by atoms with Crippen molar-refractivity contribution in [2.75, 3.05) is 12.0 Å². The number of amides is 1. The molecule has 1 aliphatic heterocycles. The number of benzene rings is 3. The van der Waals surface area contributed by atoms with Gasteiger partial charge in [0.05, 0.1) is 30.0 Å². The van der Waals surface area contributed by atoms with Crippen LogP contribution in [-0.2, 0) is 9.59 Å². The van der Waals surface area contributed by atoms with Crippen LogP contribution in [0.3, 0.4) is 0 Å². The highest BCUT2D eigenvalue weighted by molar-refractivity contribution is 6.52. The van der Waals surface area contributed by atoms with Gasteiger partial charge in [-0.2, -0.15) is 0 Å². The molecule has 32 heavy (non-hydrogen) atoms. The molecule has 1 fully saturated rings. The van der Waals surface area contributed by atoms with E-state index in [9.17, 15) is 28.6 Å². The Bertz CT molecular complexity index is 1270. The van der Waals surface area contributed by atoms with Gasteiger partial charge in [-0.25, -0.2) is 8.78 Å². The van der Waals surface area contributed by atoms with Crippen LogP contribution in [0.4, 0.5) is 14.5 Å². The van der Waals surface area contributed by atoms with Crippen molar-refractivity contribution in [3.05, 3.63) is 95.1 Å². The van der Waals surface area contributed by atoms with Crippen LogP contribution in [0.15, 0.2) is 72.3 Å². The van der Waals surface area contributed by atoms with Crippen molar-refractivity contribution in [1.29, 1.82) is 0 Å². The molecule has 0 aromatic heterocycles. The molecule has 3 aromatic carbocycles. The largest absolute Gasteiger partial charge is 0.507 e. The van der Waals surface area contributed by atoms with Crippen molar-refractivity contribution in [3.63, 3.8) is 0 Å². The second-order valence-corrected chi connectivity index (χ2v) is 7.02. The Morgan fingerprint density at radius 3 is 2.38 bits per heavy atom. The van der Waals surface area contributed by atoms with E-state index in [0.717, 1.165) is 23.1 Å². The zero-order valence-corrected chi connectivity index (χ0v) is 16.8. The van der Waals surface area contributed by atoms with E-state index < -0.39 is 40.7 Å². The van der Waals surface area contributed by atoms with Gasteiger partial charge in [-0.05, 0) is 36.4 Å². The second-order valence-electron chi connectivity index (χ2n) is 7.02. The lowest BCUT2D eigenvalue weighted by atomic mass is 9.94. The molecule has 162 valence electrons. The van der Waals surface area contributed by atoms with Crippen LogP contribution in [0.1, 0.15) is 17.2 Å². The highest BCUT2D eigenvalue weighted by atomic mass is 19.1. The maximum absolute atomic E-state index is 14.8. The highest BCUT2D eigenvalue weighted by Crippen LogP contribution is 2.45. The third kappa shape index (κ3) is 3.35. The molecule has 0 saturated carbocycles. The number of carbonyl (C=O) groups is 2. The predicted octanol–water partition coefficient (Wildman–Crippen LogP) is 4.31. The summed E-state index contributed by atoms with van der Waals surface area (Å²) in [7, 11) is 1.29. The molecule has 0 radical (unpaired) electrons. The maximum atomic E-state index is 14.8. The van der Waals surface area contributed by atoms with E-state index in [0.29, 0.717) is 0 Å². The Hall–Kier alpha value is -4.20. The Morgan fingerprint density at radius 2 is 1.69 bits per heavy atom. The Morgan fingerprint density at radius 1 is 1.00 bits per heavy atom. The number of phenols is 1. The summed E-state index contributed by atoms with van der Waals surface area (Å²) in [6, 6.07) is 13.1. The number of carbonyl (C=O) groups excluding carboxylic acids is 2. The average molecular weight is 437 g/mol. The van der Waals surface area contributed by atoms with E-state index >= 15 is 0 Å². The van der Waals surface area contributed by atoms with Crippen LogP contribution in [0.5, 0.6) is 11.5 Å². The van der Waals surface area contributed by atoms with Crippen molar-refractivity contribution < 1.29 is 33.3 Å². The van der Waals surface area contributed by atoms with Gasteiger partial charge in [-0.3, -0.25) is 14.5 Å². The number of aliphatic hydroxyl groups is 1. The van der Waals surface area contributed by atoms with Crippen LogP contribution >= 0.6 is 0 Å². The Labute approximate surface area is 181 Å². The maximum Gasteiger partial charge on any atom is 0.300 e. The standard InChI is InChI=1S/C24H17F2NO5/c1-32-19-11-10-13(25)12-15(19)22(29)20-21(14-6-2-3-7-16(14)26)27(24(31)23(20)30)17-8-4-5-9-18(17)28/h2-12,21,28-29H,1H3/b22-20+. The summed E-state index contributed by atoms with van der Waals surface area (Å²) < 4.78 is 33.9. The van der Waals surface area contributed by atoms with Crippen molar-refractivity contribution in [3.8, 4) is 11.5 Å². The fourth-order valence-electron chi connectivity index (χ4n) is 3.75. The summed E-state index contributed by atoms with van der Waals surface area (Å²) in [6.45, 7) is 0. The van der Waals surface area contributed by atoms with Gasteiger partial charge >= 0.3 is 0 Å². The summed E-state index contributed by atoms with van der Waals surface area (Å²) in [5.74, 6) is -4.67. The van der Waals surface area contributed by atoms with Crippen LogP contribution < -0.4 is 9.64 Å². The van der Waals surface area contributed by atoms with E-state index in [2.05, 4.69) is 0 Å². The summed E-state index contributed by atoms with van der Waals surface area (Å²) in [4.78, 5) is 27.0. The number of nitrogens with zero attached hydrogens (tertiary/aromatic N) is 1. The number of aromatic hydroxyl groups is 1. The number of anilines is 1. The molecule has 1 amide bonds. The lowest BCUT2D eigenvalue weighted by Gasteiger charge is -2.26. The zero-order valence-electron chi connectivity index (χ0n) is 16.8. The van der Waals surface area contributed by atoms with Gasteiger partial charge < -0.3 is 14.9 Å². The minimum absolute atomic E-state index is 0.0462. The topological polar surface area (TPSA) is 87.1 Å². The quantitative estimate of drug-likeness (QED) is 0.361. The molecule has 4 rings (SSSR count). The predicted molar refractivity (Wildman–Crippen MR) is 112 cm³/mol. The third-order valence-corrected chi connectivity index (χ3v) is 5.20. The summed E-state index contributed by atoms with van der Waals surface area (Å²) >= 11 is 0. The van der Waals surface area contributed by atoms with Gasteiger partial charge in [0, 0.05) is 5.56 Å². The fraction of sp³-hybridized carbons (Fsp3) is 0.0833. The first kappa shape index (κ1) is 21.0. The minimum Gasteiger partial charge on any atom is -0.507 e. The van der Waals surface area contributed by atoms with E-state index in [1.54, 1.807) is 0 Å². The highest BCUT2D eigenvalue weighted by Gasteiger charge is 2.48. The normalized spacial score (nSPS) is 17.6. The lowest BCUT2D eigenvalue weighted by Crippen LogP contribution is -2.29. The fourth-order valence-corrected chi connectivity index (χ4v) is 3.75. The van der Waals surface area contributed by atoms with Crippen LogP contribution in [0.25, 0.3) is 5.76 Å². The first-order chi connectivity index (χ1) is 15.3. The van der Waals surface area contributed by atoms with Crippen LogP contribution in [-0.4, -0.2) is 29.0 Å². The molecule has 1 unspecified atom stereocenters. The SMILES string of the molecule is COc1ccc(F)cc1/C(O)=C1\C(=O)C(=O)N(c2ccccc2O)C1c1ccccc1F. The number of rotatable bonds is 4. The smallest absolute Gasteiger partial charge is 0.300 e. The van der Waals surface area contributed by atoms with E-state index in [-0.39, 0.29) is 28.3 Å². The minimum atomic E-state index is -1.42. The second kappa shape index (κ2) is 8.14. The molecule has 1 atom stereocenters. The van der Waals surface area contributed by atoms with Crippen molar-refractivity contribution in [2.45, 2.75) is 6.04 Å². The van der Waals surface area contributed by atoms with Crippen LogP contribution in [0.2, 0.25) is 0 Å². The Kier molecular flexibility index (Phi) is 5.36. The number of hydrogen-bond donors (Lipinski definition) is 2. The molecule has 0 spiro atoms. The monoisotopic (exact) mass is 437 g/mol. The summed E-state index contributed by atoms with van der Waals surface area (Å²) in [5.41, 5.74) is -0.781. The average Bonchev–Trinajstić information content (AvgIpc) is 3.04. The molecule has 1 aliphatic rings. The zero-order chi connectivity index (χ0) is 23.0. The molecule has 1 heterocycles. The van der Waals surface area contributed by atoms with E-state index in [1.807, 2.05) is 0 Å². The molecular formula is C24H17F2NO5. The van der Waals surface area contributed by atoms with Gasteiger partial charge in [0.1, 0.15) is 28.9 Å². The number of ether oxygens (including phenoxy) is 1. The molecule has 1 saturated heterocycles. The van der Waals surface area contributed by atoms with Gasteiger partial charge in [-0.15, -0.1) is 0 Å². The molecule has 6 nitrogen and oxygen atoms in total. The molecule has 0 aliphatic carbocycles. The Balaban J connectivity index is 2.04. The number of Topliss-reactive ketones (excluding diaryl/α,β-unsaturated/α-hetero) is 1. The number of ketones is 1. The molecule has 2 N–H and O–H groups in total. The first-order valence-electron chi connectivity index (χ1n) is 9.52. The molecular weight excluding hydrogens is 420 g/mol. The van der Waals surface area contributed by atoms with Gasteiger partial charge in [-0.1, -0.05) is 30.3 Å². The van der Waals surface area contributed by atoms with Gasteiger partial charge in [0.15, 0.2) is 0 Å². The van der Waals surface area contributed by atoms with Crippen LogP contribution in [0, 0.1) is 11.6 Å². The number of para-hydroxylation sites is 2.